The Hall–Kier alpha value is -1.45. The maximum atomic E-state index is 13.8. The van der Waals surface area contributed by atoms with Gasteiger partial charge in [-0.25, -0.2) is 5.01 Å². The highest BCUT2D eigenvalue weighted by atomic mass is 79.9. The number of amides is 3. The van der Waals surface area contributed by atoms with E-state index in [9.17, 15) is 19.2 Å². The lowest BCUT2D eigenvalue weighted by Crippen LogP contribution is -2.56. The van der Waals surface area contributed by atoms with Gasteiger partial charge in [-0.2, -0.15) is 5.01 Å². The molecule has 0 radical (unpaired) electrons. The van der Waals surface area contributed by atoms with Gasteiger partial charge in [-0.3, -0.25) is 19.2 Å². The highest BCUT2D eigenvalue weighted by molar-refractivity contribution is 9.12. The number of rotatable bonds is 5. The van der Waals surface area contributed by atoms with Gasteiger partial charge < -0.3 is 0 Å². The van der Waals surface area contributed by atoms with E-state index in [-0.39, 0.29) is 25.8 Å². The molecule has 1 saturated heterocycles. The minimum absolute atomic E-state index is 0.0107. The quantitative estimate of drug-likeness (QED) is 0.217. The van der Waals surface area contributed by atoms with E-state index in [4.69, 9.17) is 34.8 Å². The van der Waals surface area contributed by atoms with Gasteiger partial charge in [0.25, 0.3) is 17.7 Å². The zero-order chi connectivity index (χ0) is 25.6. The van der Waals surface area contributed by atoms with Crippen LogP contribution in [0.3, 0.4) is 0 Å². The van der Waals surface area contributed by atoms with Gasteiger partial charge in [0.05, 0.1) is 22.4 Å². The summed E-state index contributed by atoms with van der Waals surface area (Å²) in [7, 11) is 0. The SMILES string of the molecule is C[C@H](C(=O)c1ccc(Cl)cc1)N(C(=O)c1ccc(Cl)cc1Cl)N1C(=O)[C@@H]2C[C@@H](Br)[C@@H](Br)C[C@H]2C1=O. The molecule has 184 valence electrons. The number of Topliss-reactive ketones (excluding diaryl/α,β-unsaturated/α-hetero) is 1. The van der Waals surface area contributed by atoms with Crippen molar-refractivity contribution in [1.82, 2.24) is 10.0 Å². The highest BCUT2D eigenvalue weighted by Gasteiger charge is 2.55. The second-order valence-electron chi connectivity index (χ2n) is 8.53. The Bertz CT molecular complexity index is 1180. The summed E-state index contributed by atoms with van der Waals surface area (Å²) in [4.78, 5) is 54.2. The van der Waals surface area contributed by atoms with Crippen LogP contribution in [0.15, 0.2) is 42.5 Å². The van der Waals surface area contributed by atoms with Crippen LogP contribution in [0.2, 0.25) is 15.1 Å². The van der Waals surface area contributed by atoms with Gasteiger partial charge in [0.15, 0.2) is 5.78 Å². The fourth-order valence-corrected chi connectivity index (χ4v) is 6.34. The van der Waals surface area contributed by atoms with Gasteiger partial charge in [0.1, 0.15) is 6.04 Å². The number of alkyl halides is 2. The maximum Gasteiger partial charge on any atom is 0.275 e. The van der Waals surface area contributed by atoms with Crippen molar-refractivity contribution in [3.63, 3.8) is 0 Å². The van der Waals surface area contributed by atoms with E-state index in [1.165, 1.54) is 37.3 Å². The second kappa shape index (κ2) is 10.5. The molecular weight excluding hydrogens is 646 g/mol. The van der Waals surface area contributed by atoms with E-state index < -0.39 is 41.4 Å². The van der Waals surface area contributed by atoms with E-state index >= 15 is 0 Å². The van der Waals surface area contributed by atoms with Crippen molar-refractivity contribution < 1.29 is 19.2 Å². The molecule has 11 heteroatoms. The lowest BCUT2D eigenvalue weighted by Gasteiger charge is -2.35. The number of hydrogen-bond donors (Lipinski definition) is 0. The van der Waals surface area contributed by atoms with Crippen molar-refractivity contribution in [3.05, 3.63) is 68.7 Å². The number of benzene rings is 2. The molecular formula is C24H19Br2Cl3N2O4. The molecule has 0 spiro atoms. The number of carbonyl (C=O) groups excluding carboxylic acids is 4. The first-order valence-corrected chi connectivity index (χ1v) is 13.7. The summed E-state index contributed by atoms with van der Waals surface area (Å²) in [6, 6.07) is 9.23. The first-order valence-electron chi connectivity index (χ1n) is 10.8. The smallest absolute Gasteiger partial charge is 0.275 e. The summed E-state index contributed by atoms with van der Waals surface area (Å²) in [6.45, 7) is 1.47. The number of hydrogen-bond acceptors (Lipinski definition) is 4. The summed E-state index contributed by atoms with van der Waals surface area (Å²) in [5.74, 6) is -3.46. The third-order valence-corrected chi connectivity index (χ3v) is 9.88. The van der Waals surface area contributed by atoms with Crippen LogP contribution in [0.5, 0.6) is 0 Å². The summed E-state index contributed by atoms with van der Waals surface area (Å²) in [6.07, 6.45) is 0.843. The van der Waals surface area contributed by atoms with E-state index in [2.05, 4.69) is 31.9 Å². The standard InChI is InChI=1S/C24H19Br2Cl3N2O4/c1-11(21(32)12-2-4-13(27)5-3-12)30(22(33)15-7-6-14(28)8-20(15)29)31-23(34)16-9-18(25)19(26)10-17(16)24(31)35/h2-8,11,16-19H,9-10H2,1H3/t11-,16-,17-,18-,19+/m1/s1. The molecule has 2 aromatic carbocycles. The van der Waals surface area contributed by atoms with Crippen molar-refractivity contribution in [1.29, 1.82) is 0 Å². The average molecular weight is 666 g/mol. The fraction of sp³-hybridized carbons (Fsp3) is 0.333. The molecule has 2 aromatic rings. The van der Waals surface area contributed by atoms with Crippen molar-refractivity contribution in [2.45, 2.75) is 35.5 Å². The van der Waals surface area contributed by atoms with Crippen molar-refractivity contribution >= 4 is 90.2 Å². The predicted octanol–water partition coefficient (Wildman–Crippen LogP) is 6.20. The maximum absolute atomic E-state index is 13.8. The summed E-state index contributed by atoms with van der Waals surface area (Å²) < 4.78 is 0. The minimum atomic E-state index is -1.19. The molecule has 0 bridgehead atoms. The van der Waals surface area contributed by atoms with Crippen LogP contribution in [0.1, 0.15) is 40.5 Å². The third-order valence-electron chi connectivity index (χ3n) is 6.35. The molecule has 6 nitrogen and oxygen atoms in total. The van der Waals surface area contributed by atoms with Gasteiger partial charge in [-0.15, -0.1) is 0 Å². The second-order valence-corrected chi connectivity index (χ2v) is 12.2. The Morgan fingerprint density at radius 1 is 0.914 bits per heavy atom. The van der Waals surface area contributed by atoms with E-state index in [0.717, 1.165) is 10.0 Å². The van der Waals surface area contributed by atoms with Crippen LogP contribution in [0, 0.1) is 11.8 Å². The summed E-state index contributed by atoms with van der Waals surface area (Å²) in [5.41, 5.74) is 0.290. The summed E-state index contributed by atoms with van der Waals surface area (Å²) >= 11 is 25.4. The Labute approximate surface area is 234 Å². The molecule has 0 N–H and O–H groups in total. The van der Waals surface area contributed by atoms with Gasteiger partial charge in [0, 0.05) is 25.3 Å². The first kappa shape index (κ1) is 26.6. The molecule has 0 aromatic heterocycles. The molecule has 3 amide bonds. The lowest BCUT2D eigenvalue weighted by molar-refractivity contribution is -0.156. The van der Waals surface area contributed by atoms with Crippen molar-refractivity contribution in [2.75, 3.05) is 0 Å². The highest BCUT2D eigenvalue weighted by Crippen LogP contribution is 2.44. The predicted molar refractivity (Wildman–Crippen MR) is 141 cm³/mol. The van der Waals surface area contributed by atoms with Gasteiger partial charge in [0.2, 0.25) is 0 Å². The van der Waals surface area contributed by atoms with Crippen LogP contribution in [0.4, 0.5) is 0 Å². The zero-order valence-electron chi connectivity index (χ0n) is 18.3. The normalized spacial score (nSPS) is 24.8. The van der Waals surface area contributed by atoms with Crippen LogP contribution in [-0.4, -0.2) is 49.2 Å². The number of fused-ring (bicyclic) bond motifs is 1. The zero-order valence-corrected chi connectivity index (χ0v) is 23.7. The molecule has 1 saturated carbocycles. The van der Waals surface area contributed by atoms with Gasteiger partial charge >= 0.3 is 0 Å². The molecule has 5 atom stereocenters. The topological polar surface area (TPSA) is 74.8 Å². The van der Waals surface area contributed by atoms with Crippen LogP contribution in [0.25, 0.3) is 0 Å². The van der Waals surface area contributed by atoms with E-state index in [0.29, 0.717) is 22.9 Å². The Balaban J connectivity index is 1.77. The molecule has 35 heavy (non-hydrogen) atoms. The molecule has 2 aliphatic rings. The molecule has 0 unspecified atom stereocenters. The van der Waals surface area contributed by atoms with Crippen LogP contribution >= 0.6 is 66.7 Å². The first-order chi connectivity index (χ1) is 16.5. The largest absolute Gasteiger partial charge is 0.292 e. The molecule has 4 rings (SSSR count). The van der Waals surface area contributed by atoms with E-state index in [1.54, 1.807) is 12.1 Å². The molecule has 1 aliphatic heterocycles. The number of ketones is 1. The monoisotopic (exact) mass is 662 g/mol. The average Bonchev–Trinajstić information content (AvgIpc) is 3.04. The van der Waals surface area contributed by atoms with Gasteiger partial charge in [-0.05, 0) is 62.2 Å². The molecule has 1 heterocycles. The van der Waals surface area contributed by atoms with E-state index in [1.807, 2.05) is 0 Å². The molecule has 2 fully saturated rings. The lowest BCUT2D eigenvalue weighted by atomic mass is 9.81. The van der Waals surface area contributed by atoms with Gasteiger partial charge in [-0.1, -0.05) is 66.7 Å². The third kappa shape index (κ3) is 5.05. The Kier molecular flexibility index (Phi) is 7.98. The number of hydrazine groups is 1. The van der Waals surface area contributed by atoms with Crippen molar-refractivity contribution in [2.24, 2.45) is 11.8 Å². The fourth-order valence-electron chi connectivity index (χ4n) is 4.48. The Morgan fingerprint density at radius 3 is 1.94 bits per heavy atom. The minimum Gasteiger partial charge on any atom is -0.292 e. The summed E-state index contributed by atoms with van der Waals surface area (Å²) in [5, 5.41) is 2.57. The van der Waals surface area contributed by atoms with Crippen LogP contribution in [-0.2, 0) is 9.59 Å². The Morgan fingerprint density at radius 2 is 1.43 bits per heavy atom. The van der Waals surface area contributed by atoms with Crippen LogP contribution < -0.4 is 0 Å². The molecule has 1 aliphatic carbocycles. The van der Waals surface area contributed by atoms with Crippen molar-refractivity contribution in [3.8, 4) is 0 Å². The number of carbonyl (C=O) groups is 4. The number of nitrogens with zero attached hydrogens (tertiary/aromatic N) is 2. The number of imide groups is 1. The number of halogens is 5.